The lowest BCUT2D eigenvalue weighted by Gasteiger charge is -2.39. The van der Waals surface area contributed by atoms with Gasteiger partial charge >= 0.3 is 0 Å². The minimum atomic E-state index is -2.78. The minimum Gasteiger partial charge on any atom is -0.300 e. The Hall–Kier alpha value is -0.0900. The molecule has 2 aliphatic carbocycles. The van der Waals surface area contributed by atoms with E-state index in [1.54, 1.807) is 0 Å². The van der Waals surface area contributed by atoms with Gasteiger partial charge in [0.25, 0.3) is 0 Å². The summed E-state index contributed by atoms with van der Waals surface area (Å²) in [5.74, 6) is 3.22. The quantitative estimate of drug-likeness (QED) is 0.784. The summed E-state index contributed by atoms with van der Waals surface area (Å²) in [6.07, 6.45) is 9.29. The van der Waals surface area contributed by atoms with Crippen molar-refractivity contribution in [3.8, 4) is 0 Å². The molecule has 2 saturated carbocycles. The third kappa shape index (κ3) is 2.90. The van der Waals surface area contributed by atoms with Crippen molar-refractivity contribution in [2.75, 3.05) is 25.1 Å². The zero-order valence-electron chi connectivity index (χ0n) is 11.3. The Kier molecular flexibility index (Phi) is 3.43. The number of fused-ring (bicyclic) bond motifs is 1. The molecule has 0 spiro atoms. The van der Waals surface area contributed by atoms with Gasteiger partial charge in [-0.25, -0.2) is 8.42 Å². The summed E-state index contributed by atoms with van der Waals surface area (Å²) in [6, 6.07) is 0.765. The second-order valence-electron chi connectivity index (χ2n) is 6.91. The molecule has 4 aliphatic rings. The van der Waals surface area contributed by atoms with Crippen LogP contribution in [0.5, 0.6) is 0 Å². The van der Waals surface area contributed by atoms with Gasteiger partial charge < -0.3 is 4.90 Å². The highest BCUT2D eigenvalue weighted by Gasteiger charge is 2.42. The van der Waals surface area contributed by atoms with Crippen LogP contribution in [0.2, 0.25) is 0 Å². The van der Waals surface area contributed by atoms with Crippen molar-refractivity contribution >= 4 is 9.84 Å². The lowest BCUT2D eigenvalue weighted by Crippen LogP contribution is -2.39. The maximum Gasteiger partial charge on any atom is 0.147 e. The van der Waals surface area contributed by atoms with Crippen molar-refractivity contribution < 1.29 is 8.42 Å². The van der Waals surface area contributed by atoms with Crippen LogP contribution in [0.15, 0.2) is 0 Å². The van der Waals surface area contributed by atoms with Crippen molar-refractivity contribution in [1.82, 2.24) is 4.90 Å². The van der Waals surface area contributed by atoms with Gasteiger partial charge in [0.2, 0.25) is 0 Å². The van der Waals surface area contributed by atoms with Crippen molar-refractivity contribution in [2.24, 2.45) is 17.8 Å². The van der Waals surface area contributed by atoms with Gasteiger partial charge in [-0.1, -0.05) is 0 Å². The molecule has 2 heterocycles. The maximum atomic E-state index is 11.2. The van der Waals surface area contributed by atoms with Gasteiger partial charge in [-0.15, -0.1) is 0 Å². The molecule has 2 aliphatic heterocycles. The molecule has 4 heteroatoms. The van der Waals surface area contributed by atoms with Crippen molar-refractivity contribution in [3.63, 3.8) is 0 Å². The van der Waals surface area contributed by atoms with Crippen molar-refractivity contribution in [1.29, 1.82) is 0 Å². The molecular formula is C14H25NO2S. The SMILES string of the molecule is CS(=O)(=O)CCCN1CC2CC3CC(C2)CC1C3. The fourth-order valence-corrected chi connectivity index (χ4v) is 5.34. The Morgan fingerprint density at radius 2 is 1.61 bits per heavy atom. The summed E-state index contributed by atoms with van der Waals surface area (Å²) >= 11 is 0. The van der Waals surface area contributed by atoms with Crippen LogP contribution in [-0.4, -0.2) is 44.5 Å². The monoisotopic (exact) mass is 271 g/mol. The Morgan fingerprint density at radius 3 is 2.22 bits per heavy atom. The number of hydrogen-bond acceptors (Lipinski definition) is 3. The van der Waals surface area contributed by atoms with E-state index in [2.05, 4.69) is 4.90 Å². The minimum absolute atomic E-state index is 0.355. The van der Waals surface area contributed by atoms with Crippen molar-refractivity contribution in [3.05, 3.63) is 0 Å². The standard InChI is InChI=1S/C14H25NO2S/c1-18(16,17)4-2-3-15-10-13-6-11-5-12(7-13)9-14(15)8-11/h11-14H,2-10H2,1H3. The fraction of sp³-hybridized carbons (Fsp3) is 1.00. The molecule has 0 radical (unpaired) electrons. The van der Waals surface area contributed by atoms with Gasteiger partial charge in [0.1, 0.15) is 9.84 Å². The van der Waals surface area contributed by atoms with Gasteiger partial charge in [-0.2, -0.15) is 0 Å². The predicted octanol–water partition coefficient (Wildman–Crippen LogP) is 1.93. The van der Waals surface area contributed by atoms with E-state index in [4.69, 9.17) is 0 Å². The molecule has 4 fully saturated rings. The molecule has 4 rings (SSSR count). The van der Waals surface area contributed by atoms with Crippen LogP contribution in [-0.2, 0) is 9.84 Å². The topological polar surface area (TPSA) is 37.4 Å². The molecule has 4 bridgehead atoms. The maximum absolute atomic E-state index is 11.2. The molecular weight excluding hydrogens is 246 g/mol. The number of sulfone groups is 1. The molecule has 0 aromatic heterocycles. The van der Waals surface area contributed by atoms with Crippen LogP contribution in [0, 0.1) is 17.8 Å². The summed E-state index contributed by atoms with van der Waals surface area (Å²) < 4.78 is 22.4. The fourth-order valence-electron chi connectivity index (χ4n) is 4.69. The van der Waals surface area contributed by atoms with Crippen LogP contribution < -0.4 is 0 Å². The lowest BCUT2D eigenvalue weighted by atomic mass is 9.68. The van der Waals surface area contributed by atoms with Crippen molar-refractivity contribution in [2.45, 2.75) is 44.6 Å². The smallest absolute Gasteiger partial charge is 0.147 e. The van der Waals surface area contributed by atoms with E-state index in [1.807, 2.05) is 0 Å². The first-order valence-corrected chi connectivity index (χ1v) is 9.47. The number of hydrogen-bond donors (Lipinski definition) is 0. The molecule has 18 heavy (non-hydrogen) atoms. The molecule has 3 nitrogen and oxygen atoms in total. The predicted molar refractivity (Wildman–Crippen MR) is 73.2 cm³/mol. The van der Waals surface area contributed by atoms with Crippen LogP contribution in [0.4, 0.5) is 0 Å². The molecule has 2 atom stereocenters. The van der Waals surface area contributed by atoms with Crippen LogP contribution in [0.25, 0.3) is 0 Å². The zero-order valence-corrected chi connectivity index (χ0v) is 12.2. The summed E-state index contributed by atoms with van der Waals surface area (Å²) in [5.41, 5.74) is 0. The van der Waals surface area contributed by atoms with E-state index in [0.717, 1.165) is 36.8 Å². The molecule has 2 saturated heterocycles. The highest BCUT2D eigenvalue weighted by molar-refractivity contribution is 7.90. The summed E-state index contributed by atoms with van der Waals surface area (Å²) in [6.45, 7) is 2.23. The first-order chi connectivity index (χ1) is 8.49. The Morgan fingerprint density at radius 1 is 1.00 bits per heavy atom. The Labute approximate surface area is 111 Å². The molecule has 0 N–H and O–H groups in total. The second kappa shape index (κ2) is 4.78. The molecule has 104 valence electrons. The third-order valence-electron chi connectivity index (χ3n) is 5.18. The Bertz CT molecular complexity index is 392. The van der Waals surface area contributed by atoms with Gasteiger partial charge in [-0.3, -0.25) is 0 Å². The number of rotatable bonds is 4. The van der Waals surface area contributed by atoms with Gasteiger partial charge in [0.05, 0.1) is 5.75 Å². The average Bonchev–Trinajstić information content (AvgIpc) is 2.41. The highest BCUT2D eigenvalue weighted by Crippen LogP contribution is 2.47. The van der Waals surface area contributed by atoms with Crippen LogP contribution in [0.3, 0.4) is 0 Å². The van der Waals surface area contributed by atoms with E-state index < -0.39 is 9.84 Å². The summed E-state index contributed by atoms with van der Waals surface area (Å²) in [5, 5.41) is 0. The van der Waals surface area contributed by atoms with Gasteiger partial charge in [0.15, 0.2) is 0 Å². The van der Waals surface area contributed by atoms with E-state index in [9.17, 15) is 8.42 Å². The lowest BCUT2D eigenvalue weighted by molar-refractivity contribution is 0.126. The number of nitrogens with zero attached hydrogens (tertiary/aromatic N) is 1. The molecule has 0 aromatic rings. The molecule has 0 aromatic carbocycles. The first kappa shape index (κ1) is 12.9. The van der Waals surface area contributed by atoms with E-state index in [0.29, 0.717) is 5.75 Å². The van der Waals surface area contributed by atoms with Crippen LogP contribution >= 0.6 is 0 Å². The third-order valence-corrected chi connectivity index (χ3v) is 6.21. The van der Waals surface area contributed by atoms with Gasteiger partial charge in [0, 0.05) is 18.8 Å². The summed E-state index contributed by atoms with van der Waals surface area (Å²) in [7, 11) is -2.78. The first-order valence-electron chi connectivity index (χ1n) is 7.41. The van der Waals surface area contributed by atoms with E-state index >= 15 is 0 Å². The highest BCUT2D eigenvalue weighted by atomic mass is 32.2. The molecule has 2 unspecified atom stereocenters. The van der Waals surface area contributed by atoms with Gasteiger partial charge in [-0.05, 0) is 62.8 Å². The molecule has 0 amide bonds. The summed E-state index contributed by atoms with van der Waals surface area (Å²) in [4.78, 5) is 2.62. The Balaban J connectivity index is 1.60. The second-order valence-corrected chi connectivity index (χ2v) is 9.17. The average molecular weight is 271 g/mol. The van der Waals surface area contributed by atoms with Crippen LogP contribution in [0.1, 0.15) is 38.5 Å². The zero-order chi connectivity index (χ0) is 12.8. The van der Waals surface area contributed by atoms with E-state index in [-0.39, 0.29) is 0 Å². The largest absolute Gasteiger partial charge is 0.300 e. The van der Waals surface area contributed by atoms with E-state index in [1.165, 1.54) is 44.9 Å². The normalized spacial score (nSPS) is 40.1.